The Morgan fingerprint density at radius 1 is 1.47 bits per heavy atom. The minimum Gasteiger partial charge on any atom is -0.496 e. The first-order valence-corrected chi connectivity index (χ1v) is 6.01. The van der Waals surface area contributed by atoms with E-state index >= 15 is 0 Å². The van der Waals surface area contributed by atoms with Gasteiger partial charge in [0.05, 0.1) is 11.6 Å². The number of rotatable bonds is 4. The molecule has 1 aliphatic rings. The molecule has 0 heterocycles. The van der Waals surface area contributed by atoms with Gasteiger partial charge in [-0.15, -0.1) is 0 Å². The van der Waals surface area contributed by atoms with Crippen molar-refractivity contribution in [2.75, 3.05) is 13.7 Å². The number of methoxy groups -OCH3 is 1. The molecular weight excluding hydrogens is 254 g/mol. The van der Waals surface area contributed by atoms with Gasteiger partial charge in [0.15, 0.2) is 0 Å². The van der Waals surface area contributed by atoms with Crippen molar-refractivity contribution in [3.8, 4) is 5.75 Å². The van der Waals surface area contributed by atoms with E-state index in [1.165, 1.54) is 18.4 Å². The van der Waals surface area contributed by atoms with Crippen LogP contribution >= 0.6 is 15.9 Å². The molecule has 15 heavy (non-hydrogen) atoms. The molecule has 0 saturated heterocycles. The predicted octanol–water partition coefficient (Wildman–Crippen LogP) is 2.74. The van der Waals surface area contributed by atoms with E-state index in [0.717, 1.165) is 23.2 Å². The Labute approximate surface area is 98.9 Å². The lowest BCUT2D eigenvalue weighted by Crippen LogP contribution is -2.17. The smallest absolute Gasteiger partial charge is 0.133 e. The van der Waals surface area contributed by atoms with Crippen molar-refractivity contribution in [3.05, 3.63) is 28.2 Å². The lowest BCUT2D eigenvalue weighted by Gasteiger charge is -2.13. The first-order chi connectivity index (χ1) is 7.19. The number of nitrogens with two attached hydrogens (primary N) is 1. The van der Waals surface area contributed by atoms with Crippen molar-refractivity contribution in [1.29, 1.82) is 0 Å². The Bertz CT molecular complexity index is 361. The summed E-state index contributed by atoms with van der Waals surface area (Å²) in [5.41, 5.74) is 7.51. The van der Waals surface area contributed by atoms with E-state index in [-0.39, 0.29) is 0 Å². The molecule has 82 valence electrons. The van der Waals surface area contributed by atoms with Crippen molar-refractivity contribution in [2.45, 2.75) is 19.3 Å². The molecular formula is C12H16BrNO. The van der Waals surface area contributed by atoms with Crippen molar-refractivity contribution < 1.29 is 4.74 Å². The molecule has 2 rings (SSSR count). The molecule has 1 aliphatic carbocycles. The van der Waals surface area contributed by atoms with E-state index in [9.17, 15) is 0 Å². The zero-order valence-corrected chi connectivity index (χ0v) is 10.5. The number of hydrogen-bond acceptors (Lipinski definition) is 2. The van der Waals surface area contributed by atoms with Crippen LogP contribution in [0.3, 0.4) is 0 Å². The van der Waals surface area contributed by atoms with Crippen LogP contribution in [-0.2, 0) is 6.42 Å². The molecule has 1 aromatic carbocycles. The Balaban J connectivity index is 2.13. The van der Waals surface area contributed by atoms with Crippen LogP contribution in [0.25, 0.3) is 0 Å². The second-order valence-electron chi connectivity index (χ2n) is 4.35. The third-order valence-corrected chi connectivity index (χ3v) is 3.81. The molecule has 0 spiro atoms. The number of benzene rings is 1. The first kappa shape index (κ1) is 11.0. The molecule has 3 heteroatoms. The summed E-state index contributed by atoms with van der Waals surface area (Å²) in [7, 11) is 1.68. The SMILES string of the molecule is COc1ccc(CC2(CN)CC2)cc1Br. The van der Waals surface area contributed by atoms with E-state index in [1.54, 1.807) is 7.11 Å². The molecule has 0 amide bonds. The van der Waals surface area contributed by atoms with E-state index < -0.39 is 0 Å². The fourth-order valence-electron chi connectivity index (χ4n) is 1.88. The Kier molecular flexibility index (Phi) is 3.03. The van der Waals surface area contributed by atoms with Crippen LogP contribution in [0.1, 0.15) is 18.4 Å². The minimum absolute atomic E-state index is 0.397. The van der Waals surface area contributed by atoms with Crippen LogP contribution in [-0.4, -0.2) is 13.7 Å². The van der Waals surface area contributed by atoms with Gasteiger partial charge in [0, 0.05) is 0 Å². The first-order valence-electron chi connectivity index (χ1n) is 5.22. The van der Waals surface area contributed by atoms with Gasteiger partial charge in [-0.25, -0.2) is 0 Å². The molecule has 0 aliphatic heterocycles. The average molecular weight is 270 g/mol. The summed E-state index contributed by atoms with van der Waals surface area (Å²) in [4.78, 5) is 0. The number of halogens is 1. The summed E-state index contributed by atoms with van der Waals surface area (Å²) in [6.07, 6.45) is 3.63. The molecule has 1 fully saturated rings. The molecule has 0 aromatic heterocycles. The highest BCUT2D eigenvalue weighted by atomic mass is 79.9. The van der Waals surface area contributed by atoms with Gasteiger partial charge >= 0.3 is 0 Å². The minimum atomic E-state index is 0.397. The van der Waals surface area contributed by atoms with Crippen LogP contribution in [0, 0.1) is 5.41 Å². The van der Waals surface area contributed by atoms with Crippen LogP contribution < -0.4 is 10.5 Å². The fourth-order valence-corrected chi connectivity index (χ4v) is 2.47. The Morgan fingerprint density at radius 2 is 2.20 bits per heavy atom. The monoisotopic (exact) mass is 269 g/mol. The molecule has 2 nitrogen and oxygen atoms in total. The second-order valence-corrected chi connectivity index (χ2v) is 5.20. The third kappa shape index (κ3) is 2.34. The summed E-state index contributed by atoms with van der Waals surface area (Å²) in [6.45, 7) is 0.802. The van der Waals surface area contributed by atoms with Gasteiger partial charge in [-0.1, -0.05) is 6.07 Å². The summed E-state index contributed by atoms with van der Waals surface area (Å²) < 4.78 is 6.22. The summed E-state index contributed by atoms with van der Waals surface area (Å²) >= 11 is 3.50. The highest BCUT2D eigenvalue weighted by molar-refractivity contribution is 9.10. The largest absolute Gasteiger partial charge is 0.496 e. The predicted molar refractivity (Wildman–Crippen MR) is 65.1 cm³/mol. The summed E-state index contributed by atoms with van der Waals surface area (Å²) in [5.74, 6) is 0.886. The van der Waals surface area contributed by atoms with Crippen LogP contribution in [0.5, 0.6) is 5.75 Å². The summed E-state index contributed by atoms with van der Waals surface area (Å²) in [5, 5.41) is 0. The zero-order valence-electron chi connectivity index (χ0n) is 8.92. The van der Waals surface area contributed by atoms with Crippen molar-refractivity contribution in [1.82, 2.24) is 0 Å². The molecule has 0 atom stereocenters. The van der Waals surface area contributed by atoms with Gasteiger partial charge in [-0.3, -0.25) is 0 Å². The van der Waals surface area contributed by atoms with E-state index in [1.807, 2.05) is 6.07 Å². The van der Waals surface area contributed by atoms with Crippen LogP contribution in [0.15, 0.2) is 22.7 Å². The Morgan fingerprint density at radius 3 is 2.67 bits per heavy atom. The fraction of sp³-hybridized carbons (Fsp3) is 0.500. The number of ether oxygens (including phenoxy) is 1. The van der Waals surface area contributed by atoms with E-state index in [0.29, 0.717) is 5.41 Å². The average Bonchev–Trinajstić information content (AvgIpc) is 2.99. The van der Waals surface area contributed by atoms with Gasteiger partial charge in [-0.2, -0.15) is 0 Å². The highest BCUT2D eigenvalue weighted by Crippen LogP contribution is 2.47. The van der Waals surface area contributed by atoms with Gasteiger partial charge < -0.3 is 10.5 Å². The van der Waals surface area contributed by atoms with Gasteiger partial charge in [0.25, 0.3) is 0 Å². The second kappa shape index (κ2) is 4.14. The maximum Gasteiger partial charge on any atom is 0.133 e. The highest BCUT2D eigenvalue weighted by Gasteiger charge is 2.40. The summed E-state index contributed by atoms with van der Waals surface area (Å²) in [6, 6.07) is 6.26. The third-order valence-electron chi connectivity index (χ3n) is 3.19. The molecule has 2 N–H and O–H groups in total. The maximum absolute atomic E-state index is 5.77. The molecule has 0 unspecified atom stereocenters. The van der Waals surface area contributed by atoms with Gasteiger partial charge in [-0.05, 0) is 64.8 Å². The van der Waals surface area contributed by atoms with Gasteiger partial charge in [0.1, 0.15) is 5.75 Å². The van der Waals surface area contributed by atoms with Crippen LogP contribution in [0.4, 0.5) is 0 Å². The quantitative estimate of drug-likeness (QED) is 0.913. The van der Waals surface area contributed by atoms with E-state index in [4.69, 9.17) is 10.5 Å². The molecule has 1 saturated carbocycles. The molecule has 0 radical (unpaired) electrons. The normalized spacial score (nSPS) is 17.5. The topological polar surface area (TPSA) is 35.2 Å². The maximum atomic E-state index is 5.77. The number of hydrogen-bond donors (Lipinski definition) is 1. The van der Waals surface area contributed by atoms with Crippen molar-refractivity contribution in [3.63, 3.8) is 0 Å². The zero-order chi connectivity index (χ0) is 10.9. The van der Waals surface area contributed by atoms with E-state index in [2.05, 4.69) is 28.1 Å². The Hall–Kier alpha value is -0.540. The van der Waals surface area contributed by atoms with Crippen molar-refractivity contribution in [2.24, 2.45) is 11.1 Å². The molecule has 0 bridgehead atoms. The molecule has 1 aromatic rings. The van der Waals surface area contributed by atoms with Crippen molar-refractivity contribution >= 4 is 15.9 Å². The standard InChI is InChI=1S/C12H16BrNO/c1-15-11-3-2-9(6-10(11)13)7-12(8-14)4-5-12/h2-3,6H,4-5,7-8,14H2,1H3. The van der Waals surface area contributed by atoms with Gasteiger partial charge in [0.2, 0.25) is 0 Å². The lowest BCUT2D eigenvalue weighted by molar-refractivity contribution is 0.411. The lowest BCUT2D eigenvalue weighted by atomic mass is 9.97. The van der Waals surface area contributed by atoms with Crippen LogP contribution in [0.2, 0.25) is 0 Å².